The van der Waals surface area contributed by atoms with Crippen LogP contribution >= 0.6 is 0 Å². The largest absolute Gasteiger partial charge is 0.462 e. The van der Waals surface area contributed by atoms with E-state index in [4.69, 9.17) is 4.74 Å². The number of carbonyl (C=O) groups excluding carboxylic acids is 1. The van der Waals surface area contributed by atoms with Gasteiger partial charge in [-0.25, -0.2) is 0 Å². The molecule has 0 saturated carbocycles. The molecular weight excluding hydrogens is 140 g/mol. The van der Waals surface area contributed by atoms with Gasteiger partial charge in [0, 0.05) is 0 Å². The van der Waals surface area contributed by atoms with E-state index in [1.165, 1.54) is 0 Å². The van der Waals surface area contributed by atoms with Crippen LogP contribution in [-0.2, 0) is 9.53 Å². The highest BCUT2D eigenvalue weighted by Gasteiger charge is 2.13. The Labute approximate surface area is 68.9 Å². The third-order valence-electron chi connectivity index (χ3n) is 1.91. The maximum atomic E-state index is 11.1. The summed E-state index contributed by atoms with van der Waals surface area (Å²) in [5.41, 5.74) is 0. The highest BCUT2D eigenvalue weighted by atomic mass is 16.5. The first-order chi connectivity index (χ1) is 5.11. The molecule has 2 heteroatoms. The van der Waals surface area contributed by atoms with Gasteiger partial charge in [-0.15, -0.1) is 0 Å². The molecule has 0 radical (unpaired) electrons. The van der Waals surface area contributed by atoms with Gasteiger partial charge in [0.1, 0.15) is 0 Å². The second kappa shape index (κ2) is 5.16. The minimum Gasteiger partial charge on any atom is -0.462 e. The van der Waals surface area contributed by atoms with E-state index >= 15 is 0 Å². The van der Waals surface area contributed by atoms with Crippen LogP contribution in [0.4, 0.5) is 0 Å². The van der Waals surface area contributed by atoms with Crippen molar-refractivity contribution in [3.8, 4) is 0 Å². The number of ether oxygens (including phenoxy) is 1. The molecule has 0 rings (SSSR count). The van der Waals surface area contributed by atoms with Crippen molar-refractivity contribution in [1.29, 1.82) is 0 Å². The van der Waals surface area contributed by atoms with Crippen LogP contribution in [0.25, 0.3) is 0 Å². The zero-order valence-electron chi connectivity index (χ0n) is 7.89. The molecule has 0 aromatic heterocycles. The first kappa shape index (κ1) is 10.5. The van der Waals surface area contributed by atoms with Gasteiger partial charge in [0.05, 0.1) is 12.0 Å². The van der Waals surface area contributed by atoms with E-state index in [0.29, 0.717) is 0 Å². The summed E-state index contributed by atoms with van der Waals surface area (Å²) >= 11 is 0. The Balaban J connectivity index is 3.68. The van der Waals surface area contributed by atoms with E-state index in [1.807, 2.05) is 27.7 Å². The average molecular weight is 158 g/mol. The van der Waals surface area contributed by atoms with Crippen LogP contribution in [0.3, 0.4) is 0 Å². The predicted octanol–water partition coefficient (Wildman–Crippen LogP) is 2.37. The Hall–Kier alpha value is -0.530. The lowest BCUT2D eigenvalue weighted by molar-refractivity contribution is -0.152. The normalized spacial score (nSPS) is 15.6. The van der Waals surface area contributed by atoms with Crippen molar-refractivity contribution >= 4 is 5.97 Å². The highest BCUT2D eigenvalue weighted by Crippen LogP contribution is 2.06. The van der Waals surface area contributed by atoms with Crippen molar-refractivity contribution in [3.05, 3.63) is 0 Å². The highest BCUT2D eigenvalue weighted by molar-refractivity contribution is 5.72. The molecule has 11 heavy (non-hydrogen) atoms. The lowest BCUT2D eigenvalue weighted by Gasteiger charge is -2.13. The fourth-order valence-corrected chi connectivity index (χ4v) is 0.564. The summed E-state index contributed by atoms with van der Waals surface area (Å²) < 4.78 is 5.11. The summed E-state index contributed by atoms with van der Waals surface area (Å²) in [6.07, 6.45) is 1.81. The van der Waals surface area contributed by atoms with Gasteiger partial charge in [-0.1, -0.05) is 20.8 Å². The summed E-state index contributed by atoms with van der Waals surface area (Å²) in [6.45, 7) is 7.81. The van der Waals surface area contributed by atoms with E-state index < -0.39 is 0 Å². The molecule has 2 nitrogen and oxygen atoms in total. The Morgan fingerprint density at radius 2 is 1.82 bits per heavy atom. The maximum Gasteiger partial charge on any atom is 0.308 e. The molecule has 0 aliphatic carbocycles. The second-order valence-corrected chi connectivity index (χ2v) is 2.97. The molecule has 0 aromatic carbocycles. The molecule has 0 fully saturated rings. The monoisotopic (exact) mass is 158 g/mol. The minimum atomic E-state index is -0.0677. The van der Waals surface area contributed by atoms with Crippen molar-refractivity contribution in [2.45, 2.75) is 46.6 Å². The Morgan fingerprint density at radius 3 is 2.18 bits per heavy atom. The SMILES string of the molecule is CC[C@@H](C)OC(=O)[C@H](C)CC. The van der Waals surface area contributed by atoms with Crippen LogP contribution in [-0.4, -0.2) is 12.1 Å². The lowest BCUT2D eigenvalue weighted by atomic mass is 10.1. The van der Waals surface area contributed by atoms with Gasteiger partial charge in [-0.2, -0.15) is 0 Å². The van der Waals surface area contributed by atoms with Crippen molar-refractivity contribution in [2.75, 3.05) is 0 Å². The quantitative estimate of drug-likeness (QED) is 0.587. The van der Waals surface area contributed by atoms with Crippen molar-refractivity contribution in [1.82, 2.24) is 0 Å². The van der Waals surface area contributed by atoms with Crippen molar-refractivity contribution in [2.24, 2.45) is 5.92 Å². The summed E-state index contributed by atoms with van der Waals surface area (Å²) in [7, 11) is 0. The fraction of sp³-hybridized carbons (Fsp3) is 0.889. The standard InChI is InChI=1S/C9H18O2/c1-5-7(3)9(10)11-8(4)6-2/h7-8H,5-6H2,1-4H3/t7-,8-/m1/s1. The summed E-state index contributed by atoms with van der Waals surface area (Å²) in [5, 5.41) is 0. The molecule has 0 saturated heterocycles. The van der Waals surface area contributed by atoms with Crippen LogP contribution in [0.15, 0.2) is 0 Å². The second-order valence-electron chi connectivity index (χ2n) is 2.97. The lowest BCUT2D eigenvalue weighted by Crippen LogP contribution is -2.19. The maximum absolute atomic E-state index is 11.1. The topological polar surface area (TPSA) is 26.3 Å². The molecular formula is C9H18O2. The van der Waals surface area contributed by atoms with Gasteiger partial charge in [0.15, 0.2) is 0 Å². The third kappa shape index (κ3) is 4.02. The summed E-state index contributed by atoms with van der Waals surface area (Å²) in [4.78, 5) is 11.1. The molecule has 0 aliphatic heterocycles. The van der Waals surface area contributed by atoms with E-state index in [9.17, 15) is 4.79 Å². The number of rotatable bonds is 4. The van der Waals surface area contributed by atoms with Gasteiger partial charge in [-0.3, -0.25) is 4.79 Å². The van der Waals surface area contributed by atoms with Gasteiger partial charge in [-0.05, 0) is 19.8 Å². The van der Waals surface area contributed by atoms with Crippen LogP contribution in [0.2, 0.25) is 0 Å². The molecule has 0 aliphatic rings. The smallest absolute Gasteiger partial charge is 0.308 e. The Bertz CT molecular complexity index is 121. The van der Waals surface area contributed by atoms with Gasteiger partial charge >= 0.3 is 5.97 Å². The molecule has 0 N–H and O–H groups in total. The van der Waals surface area contributed by atoms with Crippen molar-refractivity contribution < 1.29 is 9.53 Å². The summed E-state index contributed by atoms with van der Waals surface area (Å²) in [6, 6.07) is 0. The number of carbonyl (C=O) groups is 1. The Kier molecular flexibility index (Phi) is 4.92. The molecule has 0 unspecified atom stereocenters. The van der Waals surface area contributed by atoms with Gasteiger partial charge in [0.2, 0.25) is 0 Å². The fourth-order valence-electron chi connectivity index (χ4n) is 0.564. The first-order valence-electron chi connectivity index (χ1n) is 4.32. The van der Waals surface area contributed by atoms with Gasteiger partial charge in [0.25, 0.3) is 0 Å². The first-order valence-corrected chi connectivity index (χ1v) is 4.32. The van der Waals surface area contributed by atoms with Crippen LogP contribution in [0.5, 0.6) is 0 Å². The average Bonchev–Trinajstić information content (AvgIpc) is 2.02. The minimum absolute atomic E-state index is 0.0454. The van der Waals surface area contributed by atoms with E-state index in [-0.39, 0.29) is 18.0 Å². The molecule has 0 spiro atoms. The zero-order valence-corrected chi connectivity index (χ0v) is 7.89. The molecule has 0 bridgehead atoms. The van der Waals surface area contributed by atoms with E-state index in [2.05, 4.69) is 0 Å². The van der Waals surface area contributed by atoms with Crippen LogP contribution in [0.1, 0.15) is 40.5 Å². The predicted molar refractivity (Wildman–Crippen MR) is 45.3 cm³/mol. The number of esters is 1. The zero-order chi connectivity index (χ0) is 8.85. The van der Waals surface area contributed by atoms with Crippen LogP contribution in [0, 0.1) is 5.92 Å². The molecule has 0 heterocycles. The van der Waals surface area contributed by atoms with Gasteiger partial charge < -0.3 is 4.74 Å². The summed E-state index contributed by atoms with van der Waals surface area (Å²) in [5.74, 6) is -0.0224. The molecule has 2 atom stereocenters. The van der Waals surface area contributed by atoms with E-state index in [1.54, 1.807) is 0 Å². The number of hydrogen-bond donors (Lipinski definition) is 0. The molecule has 0 aromatic rings. The number of hydrogen-bond acceptors (Lipinski definition) is 2. The molecule has 66 valence electrons. The van der Waals surface area contributed by atoms with Crippen LogP contribution < -0.4 is 0 Å². The molecule has 0 amide bonds. The Morgan fingerprint density at radius 1 is 1.27 bits per heavy atom. The third-order valence-corrected chi connectivity index (χ3v) is 1.91. The van der Waals surface area contributed by atoms with E-state index in [0.717, 1.165) is 12.8 Å². The van der Waals surface area contributed by atoms with Crippen molar-refractivity contribution in [3.63, 3.8) is 0 Å².